The molecule has 0 amide bonds. The summed E-state index contributed by atoms with van der Waals surface area (Å²) in [5.41, 5.74) is 9.73. The molecule has 0 saturated carbocycles. The lowest BCUT2D eigenvalue weighted by Gasteiger charge is -2.09. The molecule has 0 fully saturated rings. The van der Waals surface area contributed by atoms with Gasteiger partial charge in [0, 0.05) is 29.4 Å². The fourth-order valence-corrected chi connectivity index (χ4v) is 2.96. The van der Waals surface area contributed by atoms with E-state index in [1.165, 1.54) is 0 Å². The van der Waals surface area contributed by atoms with Gasteiger partial charge in [-0.15, -0.1) is 0 Å². The normalized spacial score (nSPS) is 11.1. The van der Waals surface area contributed by atoms with Gasteiger partial charge >= 0.3 is 0 Å². The van der Waals surface area contributed by atoms with Gasteiger partial charge in [0.25, 0.3) is 0 Å². The monoisotopic (exact) mass is 345 g/mol. The topological polar surface area (TPSA) is 53.1 Å². The first-order chi connectivity index (χ1) is 10.2. The molecule has 3 rings (SSSR count). The van der Waals surface area contributed by atoms with E-state index >= 15 is 0 Å². The van der Waals surface area contributed by atoms with Crippen LogP contribution in [-0.4, -0.2) is 23.3 Å². The van der Waals surface area contributed by atoms with Crippen LogP contribution in [0.2, 0.25) is 0 Å². The van der Waals surface area contributed by atoms with Crippen molar-refractivity contribution in [2.75, 3.05) is 19.5 Å². The predicted octanol–water partition coefficient (Wildman–Crippen LogP) is 3.69. The highest BCUT2D eigenvalue weighted by atomic mass is 79.9. The standard InChI is InChI=1S/C16H16BrN3O/c1-21-7-6-20-15-5-3-2-4-14(15)19-16(20)11-8-12(17)10-13(18)9-11/h2-5,8-10H,6-7,18H2,1H3. The summed E-state index contributed by atoms with van der Waals surface area (Å²) in [7, 11) is 1.70. The van der Waals surface area contributed by atoms with Crippen LogP contribution < -0.4 is 5.73 Å². The molecule has 2 N–H and O–H groups in total. The summed E-state index contributed by atoms with van der Waals surface area (Å²) >= 11 is 3.49. The maximum absolute atomic E-state index is 5.95. The van der Waals surface area contributed by atoms with E-state index in [0.717, 1.165) is 33.4 Å². The molecule has 0 aliphatic carbocycles. The molecule has 0 saturated heterocycles. The number of anilines is 1. The molecule has 2 aromatic carbocycles. The molecule has 0 unspecified atom stereocenters. The number of nitrogens with two attached hydrogens (primary N) is 1. The molecular formula is C16H16BrN3O. The summed E-state index contributed by atoms with van der Waals surface area (Å²) < 4.78 is 8.33. The first kappa shape index (κ1) is 14.1. The third-order valence-electron chi connectivity index (χ3n) is 3.35. The second-order valence-electron chi connectivity index (χ2n) is 4.84. The lowest BCUT2D eigenvalue weighted by molar-refractivity contribution is 0.188. The molecule has 0 radical (unpaired) electrons. The average molecular weight is 346 g/mol. The number of fused-ring (bicyclic) bond motifs is 1. The third-order valence-corrected chi connectivity index (χ3v) is 3.81. The van der Waals surface area contributed by atoms with Crippen LogP contribution in [0.3, 0.4) is 0 Å². The molecule has 4 nitrogen and oxygen atoms in total. The molecule has 3 aromatic rings. The van der Waals surface area contributed by atoms with E-state index in [0.29, 0.717) is 12.3 Å². The largest absolute Gasteiger partial charge is 0.399 e. The van der Waals surface area contributed by atoms with E-state index in [2.05, 4.69) is 26.6 Å². The molecule has 108 valence electrons. The molecule has 0 atom stereocenters. The smallest absolute Gasteiger partial charge is 0.141 e. The number of benzene rings is 2. The minimum atomic E-state index is 0.636. The number of aromatic nitrogens is 2. The highest BCUT2D eigenvalue weighted by Crippen LogP contribution is 2.28. The third kappa shape index (κ3) is 2.80. The number of hydrogen-bond acceptors (Lipinski definition) is 3. The second-order valence-corrected chi connectivity index (χ2v) is 5.76. The van der Waals surface area contributed by atoms with Crippen LogP contribution in [0, 0.1) is 0 Å². The molecule has 1 aromatic heterocycles. The summed E-state index contributed by atoms with van der Waals surface area (Å²) in [5, 5.41) is 0. The lowest BCUT2D eigenvalue weighted by atomic mass is 10.2. The van der Waals surface area contributed by atoms with Crippen LogP contribution in [-0.2, 0) is 11.3 Å². The van der Waals surface area contributed by atoms with Crippen molar-refractivity contribution in [2.45, 2.75) is 6.54 Å². The van der Waals surface area contributed by atoms with E-state index < -0.39 is 0 Å². The number of halogens is 1. The van der Waals surface area contributed by atoms with Gasteiger partial charge in [-0.05, 0) is 30.3 Å². The van der Waals surface area contributed by atoms with Crippen molar-refractivity contribution in [3.8, 4) is 11.4 Å². The maximum Gasteiger partial charge on any atom is 0.141 e. The summed E-state index contributed by atoms with van der Waals surface area (Å²) in [4.78, 5) is 4.75. The van der Waals surface area contributed by atoms with Gasteiger partial charge < -0.3 is 15.0 Å². The van der Waals surface area contributed by atoms with Crippen LogP contribution >= 0.6 is 15.9 Å². The van der Waals surface area contributed by atoms with Crippen molar-refractivity contribution in [3.63, 3.8) is 0 Å². The summed E-state index contributed by atoms with van der Waals surface area (Å²) in [6.07, 6.45) is 0. The quantitative estimate of drug-likeness (QED) is 0.733. The first-order valence-electron chi connectivity index (χ1n) is 6.69. The molecule has 5 heteroatoms. The van der Waals surface area contributed by atoms with Crippen LogP contribution in [0.25, 0.3) is 22.4 Å². The maximum atomic E-state index is 5.95. The Kier molecular flexibility index (Phi) is 3.94. The van der Waals surface area contributed by atoms with Gasteiger partial charge in [0.05, 0.1) is 17.6 Å². The summed E-state index contributed by atoms with van der Waals surface area (Å²) in [5.74, 6) is 0.904. The minimum Gasteiger partial charge on any atom is -0.399 e. The predicted molar refractivity (Wildman–Crippen MR) is 89.2 cm³/mol. The summed E-state index contributed by atoms with van der Waals surface area (Å²) in [6.45, 7) is 1.38. The van der Waals surface area contributed by atoms with Crippen LogP contribution in [0.1, 0.15) is 0 Å². The zero-order chi connectivity index (χ0) is 14.8. The Morgan fingerprint density at radius 3 is 2.81 bits per heavy atom. The van der Waals surface area contributed by atoms with Crippen molar-refractivity contribution in [1.29, 1.82) is 0 Å². The van der Waals surface area contributed by atoms with Gasteiger partial charge in [0.2, 0.25) is 0 Å². The van der Waals surface area contributed by atoms with E-state index in [-0.39, 0.29) is 0 Å². The van der Waals surface area contributed by atoms with Crippen molar-refractivity contribution in [2.24, 2.45) is 0 Å². The number of para-hydroxylation sites is 2. The van der Waals surface area contributed by atoms with Crippen LogP contribution in [0.5, 0.6) is 0 Å². The highest BCUT2D eigenvalue weighted by Gasteiger charge is 2.13. The van der Waals surface area contributed by atoms with Crippen LogP contribution in [0.4, 0.5) is 5.69 Å². The lowest BCUT2D eigenvalue weighted by Crippen LogP contribution is -2.06. The number of methoxy groups -OCH3 is 1. The number of rotatable bonds is 4. The van der Waals surface area contributed by atoms with Gasteiger partial charge in [-0.1, -0.05) is 28.1 Å². The Hall–Kier alpha value is -1.85. The van der Waals surface area contributed by atoms with Crippen molar-refractivity contribution >= 4 is 32.7 Å². The SMILES string of the molecule is COCCn1c(-c2cc(N)cc(Br)c2)nc2ccccc21. The van der Waals surface area contributed by atoms with Gasteiger partial charge in [-0.2, -0.15) is 0 Å². The van der Waals surface area contributed by atoms with Crippen molar-refractivity contribution in [3.05, 3.63) is 46.9 Å². The van der Waals surface area contributed by atoms with Gasteiger partial charge in [0.1, 0.15) is 5.82 Å². The van der Waals surface area contributed by atoms with E-state index in [1.54, 1.807) is 7.11 Å². The Labute approximate surface area is 131 Å². The fourth-order valence-electron chi connectivity index (χ4n) is 2.45. The number of nitrogen functional groups attached to an aromatic ring is 1. The van der Waals surface area contributed by atoms with Crippen molar-refractivity contribution in [1.82, 2.24) is 9.55 Å². The zero-order valence-electron chi connectivity index (χ0n) is 11.7. The number of hydrogen-bond donors (Lipinski definition) is 1. The Morgan fingerprint density at radius 1 is 1.24 bits per heavy atom. The van der Waals surface area contributed by atoms with Gasteiger partial charge in [-0.25, -0.2) is 4.98 Å². The zero-order valence-corrected chi connectivity index (χ0v) is 13.3. The van der Waals surface area contributed by atoms with Gasteiger partial charge in [-0.3, -0.25) is 0 Å². The molecular weight excluding hydrogens is 330 g/mol. The fraction of sp³-hybridized carbons (Fsp3) is 0.188. The first-order valence-corrected chi connectivity index (χ1v) is 7.49. The number of imidazole rings is 1. The Morgan fingerprint density at radius 2 is 2.05 bits per heavy atom. The summed E-state index contributed by atoms with van der Waals surface area (Å²) in [6, 6.07) is 14.0. The highest BCUT2D eigenvalue weighted by molar-refractivity contribution is 9.10. The minimum absolute atomic E-state index is 0.636. The van der Waals surface area contributed by atoms with E-state index in [1.807, 2.05) is 36.4 Å². The number of ether oxygens (including phenoxy) is 1. The molecule has 21 heavy (non-hydrogen) atoms. The van der Waals surface area contributed by atoms with Gasteiger partial charge in [0.15, 0.2) is 0 Å². The Bertz CT molecular complexity index is 762. The van der Waals surface area contributed by atoms with E-state index in [9.17, 15) is 0 Å². The number of nitrogens with zero attached hydrogens (tertiary/aromatic N) is 2. The molecule has 0 aliphatic rings. The van der Waals surface area contributed by atoms with Crippen molar-refractivity contribution < 1.29 is 4.74 Å². The van der Waals surface area contributed by atoms with E-state index in [4.69, 9.17) is 15.5 Å². The second kappa shape index (κ2) is 5.87. The Balaban J connectivity index is 2.20. The average Bonchev–Trinajstić information content (AvgIpc) is 2.83. The molecule has 0 bridgehead atoms. The molecule has 0 spiro atoms. The van der Waals surface area contributed by atoms with Crippen LogP contribution in [0.15, 0.2) is 46.9 Å². The molecule has 1 heterocycles. The molecule has 0 aliphatic heterocycles.